The maximum absolute atomic E-state index is 12.5. The van der Waals surface area contributed by atoms with Gasteiger partial charge < -0.3 is 14.6 Å². The van der Waals surface area contributed by atoms with E-state index in [-0.39, 0.29) is 17.3 Å². The molecule has 1 atom stereocenters. The Morgan fingerprint density at radius 3 is 2.41 bits per heavy atom. The van der Waals surface area contributed by atoms with Gasteiger partial charge in [-0.05, 0) is 23.6 Å². The van der Waals surface area contributed by atoms with Gasteiger partial charge in [-0.15, -0.1) is 0 Å². The molecule has 0 saturated carbocycles. The smallest absolute Gasteiger partial charge is 0.322 e. The summed E-state index contributed by atoms with van der Waals surface area (Å²) in [5.41, 5.74) is 0.639. The summed E-state index contributed by atoms with van der Waals surface area (Å²) in [4.78, 5) is 11.1. The molecule has 1 aromatic carbocycles. The number of benzene rings is 1. The van der Waals surface area contributed by atoms with Crippen molar-refractivity contribution in [3.8, 4) is 5.75 Å². The van der Waals surface area contributed by atoms with Crippen LogP contribution in [-0.2, 0) is 26.2 Å². The van der Waals surface area contributed by atoms with Gasteiger partial charge in [0.2, 0.25) is 10.0 Å². The zero-order valence-electron chi connectivity index (χ0n) is 13.0. The molecule has 0 aliphatic heterocycles. The Morgan fingerprint density at radius 2 is 1.95 bits per heavy atom. The van der Waals surface area contributed by atoms with Crippen LogP contribution in [0.3, 0.4) is 0 Å². The zero-order valence-corrected chi connectivity index (χ0v) is 13.8. The molecule has 0 heterocycles. The van der Waals surface area contributed by atoms with Crippen LogP contribution in [0.15, 0.2) is 23.1 Å². The summed E-state index contributed by atoms with van der Waals surface area (Å²) in [7, 11) is -1.20. The first-order valence-electron chi connectivity index (χ1n) is 6.64. The number of carboxylic acids is 1. The van der Waals surface area contributed by atoms with Gasteiger partial charge in [0.1, 0.15) is 16.7 Å². The van der Waals surface area contributed by atoms with E-state index in [0.29, 0.717) is 5.56 Å². The number of aliphatic carboxylic acids is 1. The number of ether oxygens (including phenoxy) is 2. The van der Waals surface area contributed by atoms with Gasteiger partial charge in [-0.1, -0.05) is 19.9 Å². The largest absolute Gasteiger partial charge is 0.495 e. The second kappa shape index (κ2) is 7.57. The van der Waals surface area contributed by atoms with E-state index >= 15 is 0 Å². The van der Waals surface area contributed by atoms with Crippen LogP contribution in [0, 0.1) is 5.92 Å². The standard InChI is InChI=1S/C14H21NO6S/c1-9(2)13(14(16)17)15-22(18,19)12-7-10(8-20-3)5-6-11(12)21-4/h5-7,9,13,15H,8H2,1-4H3,(H,16,17). The molecule has 2 N–H and O–H groups in total. The summed E-state index contributed by atoms with van der Waals surface area (Å²) in [6, 6.07) is 3.37. The number of carboxylic acid groups (broad SMARTS) is 1. The molecule has 0 aromatic heterocycles. The average molecular weight is 331 g/mol. The molecule has 7 nitrogen and oxygen atoms in total. The number of hydrogen-bond donors (Lipinski definition) is 2. The van der Waals surface area contributed by atoms with E-state index in [0.717, 1.165) is 0 Å². The Morgan fingerprint density at radius 1 is 1.32 bits per heavy atom. The normalized spacial score (nSPS) is 13.1. The Balaban J connectivity index is 3.25. The van der Waals surface area contributed by atoms with Gasteiger partial charge >= 0.3 is 5.97 Å². The van der Waals surface area contributed by atoms with Crippen molar-refractivity contribution in [2.75, 3.05) is 14.2 Å². The predicted octanol–water partition coefficient (Wildman–Crippen LogP) is 1.23. The molecule has 8 heteroatoms. The van der Waals surface area contributed by atoms with Crippen molar-refractivity contribution in [2.24, 2.45) is 5.92 Å². The fraction of sp³-hybridized carbons (Fsp3) is 0.500. The van der Waals surface area contributed by atoms with Gasteiger partial charge in [0.05, 0.1) is 13.7 Å². The van der Waals surface area contributed by atoms with E-state index < -0.39 is 28.0 Å². The van der Waals surface area contributed by atoms with Crippen LogP contribution in [0.25, 0.3) is 0 Å². The lowest BCUT2D eigenvalue weighted by molar-refractivity contribution is -0.140. The quantitative estimate of drug-likeness (QED) is 0.743. The van der Waals surface area contributed by atoms with Gasteiger partial charge in [-0.3, -0.25) is 4.79 Å². The number of carbonyl (C=O) groups is 1. The fourth-order valence-corrected chi connectivity index (χ4v) is 3.45. The fourth-order valence-electron chi connectivity index (χ4n) is 1.89. The summed E-state index contributed by atoms with van der Waals surface area (Å²) in [5, 5.41) is 9.14. The minimum Gasteiger partial charge on any atom is -0.495 e. The predicted molar refractivity (Wildman–Crippen MR) is 80.3 cm³/mol. The van der Waals surface area contributed by atoms with Crippen LogP contribution in [0.2, 0.25) is 0 Å². The Labute approximate surface area is 130 Å². The zero-order chi connectivity index (χ0) is 16.9. The first kappa shape index (κ1) is 18.4. The van der Waals surface area contributed by atoms with E-state index in [9.17, 15) is 13.2 Å². The van der Waals surface area contributed by atoms with Gasteiger partial charge in [-0.2, -0.15) is 4.72 Å². The summed E-state index contributed by atoms with van der Waals surface area (Å²) in [6.45, 7) is 3.48. The van der Waals surface area contributed by atoms with Crippen LogP contribution in [0.4, 0.5) is 0 Å². The van der Waals surface area contributed by atoms with Crippen molar-refractivity contribution in [1.82, 2.24) is 4.72 Å². The first-order chi connectivity index (χ1) is 10.2. The minimum absolute atomic E-state index is 0.114. The molecule has 0 bridgehead atoms. The highest BCUT2D eigenvalue weighted by molar-refractivity contribution is 7.89. The second-order valence-corrected chi connectivity index (χ2v) is 6.78. The van der Waals surface area contributed by atoms with E-state index in [4.69, 9.17) is 14.6 Å². The SMILES string of the molecule is COCc1ccc(OC)c(S(=O)(=O)NC(C(=O)O)C(C)C)c1. The Bertz CT molecular complexity index is 626. The number of hydrogen-bond acceptors (Lipinski definition) is 5. The molecule has 0 radical (unpaired) electrons. The van der Waals surface area contributed by atoms with E-state index in [1.165, 1.54) is 26.4 Å². The van der Waals surface area contributed by atoms with Crippen molar-refractivity contribution in [2.45, 2.75) is 31.4 Å². The van der Waals surface area contributed by atoms with E-state index in [2.05, 4.69) is 4.72 Å². The highest BCUT2D eigenvalue weighted by Gasteiger charge is 2.30. The summed E-state index contributed by atoms with van der Waals surface area (Å²) >= 11 is 0. The molecule has 0 spiro atoms. The van der Waals surface area contributed by atoms with Gasteiger partial charge in [0.15, 0.2) is 0 Å². The lowest BCUT2D eigenvalue weighted by atomic mass is 10.1. The topological polar surface area (TPSA) is 102 Å². The Hall–Kier alpha value is -1.64. The molecule has 22 heavy (non-hydrogen) atoms. The monoisotopic (exact) mass is 331 g/mol. The van der Waals surface area contributed by atoms with Crippen LogP contribution >= 0.6 is 0 Å². The molecule has 1 aromatic rings. The molecule has 1 unspecified atom stereocenters. The van der Waals surface area contributed by atoms with Crippen LogP contribution in [-0.4, -0.2) is 39.8 Å². The highest BCUT2D eigenvalue weighted by atomic mass is 32.2. The van der Waals surface area contributed by atoms with Crippen molar-refractivity contribution in [1.29, 1.82) is 0 Å². The number of methoxy groups -OCH3 is 2. The lowest BCUT2D eigenvalue weighted by Gasteiger charge is -2.19. The second-order valence-electron chi connectivity index (χ2n) is 5.10. The van der Waals surface area contributed by atoms with Gasteiger partial charge in [0.25, 0.3) is 0 Å². The van der Waals surface area contributed by atoms with E-state index in [1.807, 2.05) is 0 Å². The van der Waals surface area contributed by atoms with Crippen molar-refractivity contribution >= 4 is 16.0 Å². The van der Waals surface area contributed by atoms with Crippen molar-refractivity contribution in [3.63, 3.8) is 0 Å². The molecule has 0 amide bonds. The number of sulfonamides is 1. The average Bonchev–Trinajstić information content (AvgIpc) is 2.44. The maximum atomic E-state index is 12.5. The van der Waals surface area contributed by atoms with Crippen LogP contribution in [0.1, 0.15) is 19.4 Å². The lowest BCUT2D eigenvalue weighted by Crippen LogP contribution is -2.44. The molecule has 0 aliphatic rings. The van der Waals surface area contributed by atoms with Gasteiger partial charge in [0, 0.05) is 7.11 Å². The Kier molecular flexibility index (Phi) is 6.34. The van der Waals surface area contributed by atoms with Gasteiger partial charge in [-0.25, -0.2) is 8.42 Å². The highest BCUT2D eigenvalue weighted by Crippen LogP contribution is 2.25. The molecular formula is C14H21NO6S. The van der Waals surface area contributed by atoms with Crippen molar-refractivity contribution in [3.05, 3.63) is 23.8 Å². The molecular weight excluding hydrogens is 310 g/mol. The third kappa shape index (κ3) is 4.43. The maximum Gasteiger partial charge on any atom is 0.322 e. The summed E-state index contributed by atoms with van der Waals surface area (Å²) in [6.07, 6.45) is 0. The first-order valence-corrected chi connectivity index (χ1v) is 8.12. The van der Waals surface area contributed by atoms with Crippen molar-refractivity contribution < 1.29 is 27.8 Å². The summed E-state index contributed by atoms with van der Waals surface area (Å²) < 4.78 is 37.2. The van der Waals surface area contributed by atoms with Crippen LogP contribution < -0.4 is 9.46 Å². The summed E-state index contributed by atoms with van der Waals surface area (Å²) in [5.74, 6) is -1.49. The third-order valence-electron chi connectivity index (χ3n) is 3.04. The molecule has 0 saturated heterocycles. The van der Waals surface area contributed by atoms with Crippen LogP contribution in [0.5, 0.6) is 5.75 Å². The molecule has 0 aliphatic carbocycles. The third-order valence-corrected chi connectivity index (χ3v) is 4.51. The molecule has 124 valence electrons. The molecule has 1 rings (SSSR count). The minimum atomic E-state index is -4.04. The van der Waals surface area contributed by atoms with E-state index in [1.54, 1.807) is 19.9 Å². The number of rotatable bonds is 8. The number of nitrogens with one attached hydrogen (secondary N) is 1. The molecule has 0 fully saturated rings.